The number of carbonyl (C=O) groups excluding carboxylic acids is 1. The van der Waals surface area contributed by atoms with Crippen LogP contribution in [0.2, 0.25) is 0 Å². The van der Waals surface area contributed by atoms with Crippen LogP contribution >= 0.6 is 22.6 Å². The third-order valence-corrected chi connectivity index (χ3v) is 6.32. The number of benzene rings is 2. The molecule has 0 fully saturated rings. The molecule has 0 radical (unpaired) electrons. The average molecular weight is 512 g/mol. The number of fused-ring (bicyclic) bond motifs is 3. The highest BCUT2D eigenvalue weighted by Crippen LogP contribution is 2.43. The molecule has 2 heterocycles. The Labute approximate surface area is 191 Å². The van der Waals surface area contributed by atoms with Gasteiger partial charge >= 0.3 is 6.03 Å². The monoisotopic (exact) mass is 512 g/mol. The molecule has 1 aromatic heterocycles. The van der Waals surface area contributed by atoms with Crippen LogP contribution in [0.5, 0.6) is 0 Å². The molecule has 1 unspecified atom stereocenters. The van der Waals surface area contributed by atoms with E-state index in [-0.39, 0.29) is 6.03 Å². The first-order valence-corrected chi connectivity index (χ1v) is 11.4. The van der Waals surface area contributed by atoms with Gasteiger partial charge in [0.1, 0.15) is 0 Å². The highest BCUT2D eigenvalue weighted by molar-refractivity contribution is 14.1. The molecule has 0 saturated heterocycles. The predicted molar refractivity (Wildman–Crippen MR) is 128 cm³/mol. The number of halogens is 1. The number of aromatic nitrogens is 1. The molecule has 3 aromatic rings. The fourth-order valence-electron chi connectivity index (χ4n) is 4.19. The second-order valence-corrected chi connectivity index (χ2v) is 8.82. The molecule has 1 aliphatic rings. The van der Waals surface area contributed by atoms with Crippen LogP contribution in [0, 0.1) is 15.4 Å². The summed E-state index contributed by atoms with van der Waals surface area (Å²) in [6.07, 6.45) is 4.35. The van der Waals surface area contributed by atoms with Crippen molar-refractivity contribution in [1.29, 1.82) is 0 Å². The van der Waals surface area contributed by atoms with Crippen LogP contribution in [0.4, 0.5) is 4.79 Å². The molecule has 1 amide bonds. The first-order chi connectivity index (χ1) is 14.6. The van der Waals surface area contributed by atoms with Gasteiger partial charge in [0, 0.05) is 15.4 Å². The number of rotatable bonds is 6. The minimum atomic E-state index is -0.761. The highest BCUT2D eigenvalue weighted by Gasteiger charge is 2.50. The van der Waals surface area contributed by atoms with Crippen LogP contribution in [-0.2, 0) is 16.8 Å². The first-order valence-electron chi connectivity index (χ1n) is 10.3. The standard InChI is InChI=1S/C25H25IN2O2/c1-3-4-15-25(16-9-8-12-19-10-6-5-7-11-19)23-18-20-17-21(26)13-14-22(20)27(23)24(29)28(25)30-2/h5-7,10-11,13-14,17-18H,3-4,8,12,15H2,1-2H3. The van der Waals surface area contributed by atoms with Gasteiger partial charge in [-0.05, 0) is 71.7 Å². The van der Waals surface area contributed by atoms with E-state index in [2.05, 4.69) is 65.6 Å². The topological polar surface area (TPSA) is 34.5 Å². The molecule has 30 heavy (non-hydrogen) atoms. The number of hydroxylamine groups is 2. The summed E-state index contributed by atoms with van der Waals surface area (Å²) < 4.78 is 2.92. The second kappa shape index (κ2) is 8.83. The Morgan fingerprint density at radius 1 is 1.13 bits per heavy atom. The molecule has 0 aliphatic carbocycles. The number of hydrogen-bond acceptors (Lipinski definition) is 2. The van der Waals surface area contributed by atoms with Crippen molar-refractivity contribution in [3.8, 4) is 11.8 Å². The quantitative estimate of drug-likeness (QED) is 0.295. The zero-order valence-electron chi connectivity index (χ0n) is 17.3. The zero-order valence-corrected chi connectivity index (χ0v) is 19.5. The lowest BCUT2D eigenvalue weighted by Gasteiger charge is -2.31. The molecular formula is C25H25IN2O2. The summed E-state index contributed by atoms with van der Waals surface area (Å²) in [7, 11) is 1.56. The predicted octanol–water partition coefficient (Wildman–Crippen LogP) is 6.11. The van der Waals surface area contributed by atoms with Gasteiger partial charge < -0.3 is 0 Å². The summed E-state index contributed by atoms with van der Waals surface area (Å²) in [6.45, 7) is 2.16. The molecular weight excluding hydrogens is 487 g/mol. The number of hydrogen-bond donors (Lipinski definition) is 0. The van der Waals surface area contributed by atoms with Crippen molar-refractivity contribution in [2.24, 2.45) is 0 Å². The van der Waals surface area contributed by atoms with Gasteiger partial charge in [0.2, 0.25) is 0 Å². The number of carbonyl (C=O) groups is 1. The van der Waals surface area contributed by atoms with Crippen LogP contribution in [0.25, 0.3) is 10.9 Å². The van der Waals surface area contributed by atoms with E-state index in [0.717, 1.165) is 52.3 Å². The maximum Gasteiger partial charge on any atom is 0.354 e. The lowest BCUT2D eigenvalue weighted by atomic mass is 9.89. The SMILES string of the molecule is CCCCC1(C#CCCc2ccccc2)c2cc3cc(I)ccc3n2C(=O)N1OC. The largest absolute Gasteiger partial charge is 0.354 e. The molecule has 4 nitrogen and oxygen atoms in total. The smallest absolute Gasteiger partial charge is 0.271 e. The van der Waals surface area contributed by atoms with Crippen molar-refractivity contribution in [2.45, 2.75) is 44.6 Å². The minimum Gasteiger partial charge on any atom is -0.271 e. The number of amides is 1. The maximum absolute atomic E-state index is 13.3. The van der Waals surface area contributed by atoms with Crippen LogP contribution in [-0.4, -0.2) is 22.8 Å². The normalized spacial score (nSPS) is 17.8. The van der Waals surface area contributed by atoms with E-state index in [1.807, 2.05) is 30.3 Å². The zero-order chi connectivity index (χ0) is 21.1. The van der Waals surface area contributed by atoms with Crippen molar-refractivity contribution in [3.63, 3.8) is 0 Å². The van der Waals surface area contributed by atoms with Gasteiger partial charge in [-0.2, -0.15) is 5.06 Å². The van der Waals surface area contributed by atoms with Crippen LogP contribution in [0.1, 0.15) is 43.9 Å². The van der Waals surface area contributed by atoms with E-state index in [1.165, 1.54) is 10.6 Å². The Morgan fingerprint density at radius 2 is 1.93 bits per heavy atom. The van der Waals surface area contributed by atoms with Crippen LogP contribution in [0.3, 0.4) is 0 Å². The van der Waals surface area contributed by atoms with Crippen molar-refractivity contribution < 1.29 is 9.63 Å². The molecule has 2 aromatic carbocycles. The highest BCUT2D eigenvalue weighted by atomic mass is 127. The van der Waals surface area contributed by atoms with Crippen molar-refractivity contribution in [3.05, 3.63) is 69.4 Å². The van der Waals surface area contributed by atoms with E-state index in [4.69, 9.17) is 4.84 Å². The Balaban J connectivity index is 1.76. The minimum absolute atomic E-state index is 0.169. The summed E-state index contributed by atoms with van der Waals surface area (Å²) >= 11 is 2.30. The fraction of sp³-hybridized carbons (Fsp3) is 0.320. The third-order valence-electron chi connectivity index (χ3n) is 5.65. The molecule has 4 rings (SSSR count). The van der Waals surface area contributed by atoms with Gasteiger partial charge in [0.25, 0.3) is 0 Å². The van der Waals surface area contributed by atoms with Gasteiger partial charge in [0.15, 0.2) is 5.54 Å². The van der Waals surface area contributed by atoms with Crippen molar-refractivity contribution in [1.82, 2.24) is 9.63 Å². The number of nitrogens with zero attached hydrogens (tertiary/aromatic N) is 2. The third kappa shape index (κ3) is 3.63. The summed E-state index contributed by atoms with van der Waals surface area (Å²) in [5.74, 6) is 6.84. The summed E-state index contributed by atoms with van der Waals surface area (Å²) in [4.78, 5) is 18.9. The van der Waals surface area contributed by atoms with Gasteiger partial charge in [-0.3, -0.25) is 9.40 Å². The lowest BCUT2D eigenvalue weighted by Crippen LogP contribution is -2.42. The molecule has 154 valence electrons. The van der Waals surface area contributed by atoms with Crippen LogP contribution in [0.15, 0.2) is 54.6 Å². The van der Waals surface area contributed by atoms with Crippen molar-refractivity contribution in [2.75, 3.05) is 7.11 Å². The first kappa shape index (κ1) is 21.0. The van der Waals surface area contributed by atoms with Crippen LogP contribution < -0.4 is 0 Å². The van der Waals surface area contributed by atoms with E-state index in [9.17, 15) is 4.79 Å². The Bertz CT molecular complexity index is 1130. The lowest BCUT2D eigenvalue weighted by molar-refractivity contribution is -0.134. The Morgan fingerprint density at radius 3 is 2.67 bits per heavy atom. The molecule has 5 heteroatoms. The van der Waals surface area contributed by atoms with Gasteiger partial charge in [-0.25, -0.2) is 4.79 Å². The fourth-order valence-corrected chi connectivity index (χ4v) is 4.70. The Kier molecular flexibility index (Phi) is 6.16. The molecule has 1 aliphatic heterocycles. The molecule has 0 bridgehead atoms. The molecule has 0 N–H and O–H groups in total. The molecule has 0 saturated carbocycles. The molecule has 1 atom stereocenters. The van der Waals surface area contributed by atoms with Gasteiger partial charge in [-0.1, -0.05) is 55.5 Å². The van der Waals surface area contributed by atoms with Gasteiger partial charge in [-0.15, -0.1) is 0 Å². The molecule has 0 spiro atoms. The van der Waals surface area contributed by atoms with Gasteiger partial charge in [0.05, 0.1) is 18.3 Å². The Hall–Kier alpha value is -2.30. The van der Waals surface area contributed by atoms with E-state index < -0.39 is 5.54 Å². The summed E-state index contributed by atoms with van der Waals surface area (Å²) in [5.41, 5.74) is 2.32. The maximum atomic E-state index is 13.3. The number of unbranched alkanes of at least 4 members (excludes halogenated alkanes) is 1. The van der Waals surface area contributed by atoms with Crippen molar-refractivity contribution >= 4 is 39.5 Å². The summed E-state index contributed by atoms with van der Waals surface area (Å²) in [5, 5.41) is 2.54. The van der Waals surface area contributed by atoms with E-state index in [0.29, 0.717) is 0 Å². The second-order valence-electron chi connectivity index (χ2n) is 7.58. The van der Waals surface area contributed by atoms with E-state index >= 15 is 0 Å². The van der Waals surface area contributed by atoms with E-state index in [1.54, 1.807) is 11.7 Å². The number of aryl methyl sites for hydroxylation is 1. The summed E-state index contributed by atoms with van der Waals surface area (Å²) in [6, 6.07) is 18.4. The average Bonchev–Trinajstić information content (AvgIpc) is 3.23.